The van der Waals surface area contributed by atoms with E-state index in [1.807, 2.05) is 31.2 Å². The van der Waals surface area contributed by atoms with Gasteiger partial charge in [0.05, 0.1) is 15.8 Å². The molecular formula is C17H16F3NO2S2. The van der Waals surface area contributed by atoms with Crippen LogP contribution in [0.1, 0.15) is 22.1 Å². The van der Waals surface area contributed by atoms with Crippen LogP contribution >= 0.6 is 11.8 Å². The average Bonchev–Trinajstić information content (AvgIpc) is 3.05. The van der Waals surface area contributed by atoms with Crippen molar-refractivity contribution in [3.05, 3.63) is 65.2 Å². The fourth-order valence-electron chi connectivity index (χ4n) is 2.66. The van der Waals surface area contributed by atoms with Gasteiger partial charge in [0, 0.05) is 12.3 Å². The Hall–Kier alpha value is -1.51. The Kier molecular flexibility index (Phi) is 4.87. The summed E-state index contributed by atoms with van der Waals surface area (Å²) in [5, 5.41) is -0.430. The summed E-state index contributed by atoms with van der Waals surface area (Å²) in [6.45, 7) is 2.20. The summed E-state index contributed by atoms with van der Waals surface area (Å²) >= 11 is 1.47. The maximum atomic E-state index is 12.9. The topological polar surface area (TPSA) is 37.4 Å². The molecule has 1 heterocycles. The third kappa shape index (κ3) is 3.70. The molecule has 134 valence electrons. The van der Waals surface area contributed by atoms with Crippen molar-refractivity contribution in [2.75, 3.05) is 12.3 Å². The second-order valence-corrected chi connectivity index (χ2v) is 8.85. The van der Waals surface area contributed by atoms with Crippen LogP contribution < -0.4 is 0 Å². The maximum Gasteiger partial charge on any atom is 0.416 e. The summed E-state index contributed by atoms with van der Waals surface area (Å²) in [5.41, 5.74) is 0.912. The molecule has 1 saturated heterocycles. The van der Waals surface area contributed by atoms with Gasteiger partial charge < -0.3 is 0 Å². The molecule has 8 heteroatoms. The van der Waals surface area contributed by atoms with Gasteiger partial charge in [0.15, 0.2) is 0 Å². The van der Waals surface area contributed by atoms with Crippen LogP contribution in [0.2, 0.25) is 0 Å². The van der Waals surface area contributed by atoms with E-state index in [0.29, 0.717) is 11.8 Å². The minimum atomic E-state index is -4.58. The van der Waals surface area contributed by atoms with Gasteiger partial charge in [0.2, 0.25) is 10.0 Å². The van der Waals surface area contributed by atoms with E-state index < -0.39 is 27.1 Å². The molecule has 3 rings (SSSR count). The third-order valence-electron chi connectivity index (χ3n) is 3.98. The van der Waals surface area contributed by atoms with Crippen molar-refractivity contribution in [1.82, 2.24) is 4.31 Å². The molecule has 0 bridgehead atoms. The first-order valence-corrected chi connectivity index (χ1v) is 10.1. The van der Waals surface area contributed by atoms with E-state index in [2.05, 4.69) is 0 Å². The molecule has 0 saturated carbocycles. The van der Waals surface area contributed by atoms with Crippen LogP contribution in [0.15, 0.2) is 53.4 Å². The predicted octanol–water partition coefficient (Wildman–Crippen LogP) is 4.45. The van der Waals surface area contributed by atoms with Gasteiger partial charge >= 0.3 is 6.18 Å². The molecule has 0 radical (unpaired) electrons. The van der Waals surface area contributed by atoms with Crippen molar-refractivity contribution >= 4 is 21.8 Å². The molecule has 0 aliphatic carbocycles. The minimum Gasteiger partial charge on any atom is -0.207 e. The van der Waals surface area contributed by atoms with Crippen LogP contribution in [-0.2, 0) is 16.2 Å². The lowest BCUT2D eigenvalue weighted by Crippen LogP contribution is -2.30. The summed E-state index contributed by atoms with van der Waals surface area (Å²) in [6, 6.07) is 11.4. The lowest BCUT2D eigenvalue weighted by Gasteiger charge is -2.24. The fraction of sp³-hybridized carbons (Fsp3) is 0.294. The zero-order valence-corrected chi connectivity index (χ0v) is 15.0. The Labute approximate surface area is 148 Å². The quantitative estimate of drug-likeness (QED) is 0.781. The largest absolute Gasteiger partial charge is 0.416 e. The summed E-state index contributed by atoms with van der Waals surface area (Å²) in [6.07, 6.45) is -4.58. The molecule has 1 aliphatic rings. The predicted molar refractivity (Wildman–Crippen MR) is 91.7 cm³/mol. The SMILES string of the molecule is Cc1ccc(C2SCCN2S(=O)(=O)c2cccc(C(F)(F)F)c2)cc1. The van der Waals surface area contributed by atoms with Gasteiger partial charge in [-0.1, -0.05) is 35.9 Å². The summed E-state index contributed by atoms with van der Waals surface area (Å²) in [5.74, 6) is 0.594. The molecule has 1 fully saturated rings. The van der Waals surface area contributed by atoms with Crippen molar-refractivity contribution in [3.8, 4) is 0 Å². The minimum absolute atomic E-state index is 0.266. The van der Waals surface area contributed by atoms with E-state index in [-0.39, 0.29) is 11.4 Å². The summed E-state index contributed by atoms with van der Waals surface area (Å²) in [7, 11) is -4.02. The normalized spacial score (nSPS) is 19.3. The lowest BCUT2D eigenvalue weighted by molar-refractivity contribution is -0.137. The van der Waals surface area contributed by atoms with Crippen molar-refractivity contribution in [1.29, 1.82) is 0 Å². The number of alkyl halides is 3. The Morgan fingerprint density at radius 1 is 1.12 bits per heavy atom. The standard InChI is InChI=1S/C17H16F3NO2S2/c1-12-5-7-13(8-6-12)16-21(9-10-24-16)25(22,23)15-4-2-3-14(11-15)17(18,19)20/h2-8,11,16H,9-10H2,1H3. The van der Waals surface area contributed by atoms with E-state index in [1.54, 1.807) is 0 Å². The molecular weight excluding hydrogens is 371 g/mol. The third-order valence-corrected chi connectivity index (χ3v) is 7.23. The Morgan fingerprint density at radius 3 is 2.44 bits per heavy atom. The number of nitrogens with zero attached hydrogens (tertiary/aromatic N) is 1. The fourth-order valence-corrected chi connectivity index (χ4v) is 5.95. The van der Waals surface area contributed by atoms with Gasteiger partial charge in [-0.2, -0.15) is 17.5 Å². The second-order valence-electron chi connectivity index (χ2n) is 5.78. The molecule has 3 nitrogen and oxygen atoms in total. The molecule has 2 aromatic rings. The van der Waals surface area contributed by atoms with Crippen molar-refractivity contribution in [2.24, 2.45) is 0 Å². The van der Waals surface area contributed by atoms with E-state index in [1.165, 1.54) is 22.1 Å². The highest BCUT2D eigenvalue weighted by Crippen LogP contribution is 2.42. The van der Waals surface area contributed by atoms with Gasteiger partial charge in [0.25, 0.3) is 0 Å². The molecule has 1 aliphatic heterocycles. The van der Waals surface area contributed by atoms with Crippen LogP contribution in [0.5, 0.6) is 0 Å². The molecule has 25 heavy (non-hydrogen) atoms. The van der Waals surface area contributed by atoms with Crippen LogP contribution in [0.25, 0.3) is 0 Å². The van der Waals surface area contributed by atoms with Crippen LogP contribution in [-0.4, -0.2) is 25.0 Å². The number of aryl methyl sites for hydroxylation is 1. The number of hydrogen-bond acceptors (Lipinski definition) is 3. The zero-order valence-electron chi connectivity index (χ0n) is 13.3. The van der Waals surface area contributed by atoms with E-state index in [4.69, 9.17) is 0 Å². The number of hydrogen-bond donors (Lipinski definition) is 0. The van der Waals surface area contributed by atoms with E-state index >= 15 is 0 Å². The first-order valence-electron chi connectivity index (χ1n) is 7.57. The van der Waals surface area contributed by atoms with Crippen LogP contribution in [0, 0.1) is 6.92 Å². The molecule has 1 atom stereocenters. The maximum absolute atomic E-state index is 12.9. The van der Waals surface area contributed by atoms with Crippen LogP contribution in [0.3, 0.4) is 0 Å². The van der Waals surface area contributed by atoms with Gasteiger partial charge in [-0.05, 0) is 30.7 Å². The molecule has 0 N–H and O–H groups in total. The van der Waals surface area contributed by atoms with Gasteiger partial charge in [-0.3, -0.25) is 0 Å². The van der Waals surface area contributed by atoms with Crippen molar-refractivity contribution < 1.29 is 21.6 Å². The highest BCUT2D eigenvalue weighted by molar-refractivity contribution is 8.01. The lowest BCUT2D eigenvalue weighted by atomic mass is 10.1. The van der Waals surface area contributed by atoms with Crippen molar-refractivity contribution in [2.45, 2.75) is 23.4 Å². The van der Waals surface area contributed by atoms with E-state index in [9.17, 15) is 21.6 Å². The highest BCUT2D eigenvalue weighted by Gasteiger charge is 2.38. The van der Waals surface area contributed by atoms with Crippen LogP contribution in [0.4, 0.5) is 13.2 Å². The smallest absolute Gasteiger partial charge is 0.207 e. The second kappa shape index (κ2) is 6.66. The number of rotatable bonds is 3. The highest BCUT2D eigenvalue weighted by atomic mass is 32.2. The summed E-state index contributed by atoms with van der Waals surface area (Å²) < 4.78 is 65.8. The first-order chi connectivity index (χ1) is 11.7. The molecule has 2 aromatic carbocycles. The summed E-state index contributed by atoms with van der Waals surface area (Å²) in [4.78, 5) is -0.332. The Morgan fingerprint density at radius 2 is 1.80 bits per heavy atom. The van der Waals surface area contributed by atoms with Gasteiger partial charge in [-0.25, -0.2) is 8.42 Å². The number of thioether (sulfide) groups is 1. The number of sulfonamides is 1. The van der Waals surface area contributed by atoms with Gasteiger partial charge in [-0.15, -0.1) is 11.8 Å². The molecule has 0 aromatic heterocycles. The van der Waals surface area contributed by atoms with E-state index in [0.717, 1.165) is 23.3 Å². The Bertz CT molecular complexity index is 864. The van der Waals surface area contributed by atoms with Gasteiger partial charge in [0.1, 0.15) is 0 Å². The Balaban J connectivity index is 1.97. The molecule has 1 unspecified atom stereocenters. The monoisotopic (exact) mass is 387 g/mol. The average molecular weight is 387 g/mol. The number of benzene rings is 2. The first kappa shape index (κ1) is 18.3. The van der Waals surface area contributed by atoms with Crippen molar-refractivity contribution in [3.63, 3.8) is 0 Å². The molecule has 0 spiro atoms. The number of halogens is 3. The zero-order chi connectivity index (χ0) is 18.2. The molecule has 0 amide bonds.